The average molecular weight is 2320 g/mol. The molecule has 0 aliphatic carbocycles. The maximum atomic E-state index is 14.2. The number of carboxylic acids is 1. The number of hydrogen-bond donors (Lipinski definition) is 9. The van der Waals surface area contributed by atoms with Gasteiger partial charge in [0.15, 0.2) is 42.2 Å². The van der Waals surface area contributed by atoms with E-state index < -0.39 is 225 Å². The number of carbonyl (C=O) groups is 11. The molecular formula is C99H108BrCl6F15N8O19S. The van der Waals surface area contributed by atoms with E-state index in [9.17, 15) is 119 Å². The molecule has 0 bridgehead atoms. The number of aliphatic hydroxyl groups is 1. The lowest BCUT2D eigenvalue weighted by Gasteiger charge is -2.29. The molecule has 0 atom stereocenters. The van der Waals surface area contributed by atoms with Gasteiger partial charge in [-0.3, -0.25) is 24.0 Å². The van der Waals surface area contributed by atoms with Crippen LogP contribution in [-0.4, -0.2) is 264 Å². The summed E-state index contributed by atoms with van der Waals surface area (Å²) in [6, 6.07) is 38.3. The highest BCUT2D eigenvalue weighted by Crippen LogP contribution is 2.44. The van der Waals surface area contributed by atoms with Crippen LogP contribution >= 0.6 is 72.1 Å². The molecule has 13 rings (SSSR count). The van der Waals surface area contributed by atoms with Crippen LogP contribution in [-0.2, 0) is 97.7 Å². The van der Waals surface area contributed by atoms with Crippen molar-refractivity contribution in [2.75, 3.05) is 123 Å². The van der Waals surface area contributed by atoms with E-state index in [1.807, 2.05) is 86.6 Å². The molecule has 818 valence electrons. The molecule has 0 fully saturated rings. The first-order chi connectivity index (χ1) is 69.9. The third-order valence-corrected chi connectivity index (χ3v) is 22.5. The van der Waals surface area contributed by atoms with Crippen LogP contribution in [0.4, 0.5) is 65.9 Å². The number of carbonyl (C=O) groups excluding carboxylic acids is 10. The predicted molar refractivity (Wildman–Crippen MR) is 537 cm³/mol. The highest BCUT2D eigenvalue weighted by atomic mass is 79.9. The average Bonchev–Trinajstić information content (AvgIpc) is 1.60. The Kier molecular flexibility index (Phi) is 56.8. The number of nitrogens with one attached hydrogen (secondary N) is 6. The Morgan fingerprint density at radius 2 is 0.812 bits per heavy atom. The van der Waals surface area contributed by atoms with Crippen LogP contribution in [0.25, 0.3) is 60.3 Å². The summed E-state index contributed by atoms with van der Waals surface area (Å²) >= 11 is 17.6. The normalized spacial score (nSPS) is 13.2. The van der Waals surface area contributed by atoms with E-state index in [0.29, 0.717) is 35.7 Å². The predicted octanol–water partition coefficient (Wildman–Crippen LogP) is 15.4. The van der Waals surface area contributed by atoms with Crippen molar-refractivity contribution in [3.05, 3.63) is 232 Å². The minimum Gasteiger partial charge on any atom is -1.00 e. The van der Waals surface area contributed by atoms with Gasteiger partial charge in [-0.05, 0) is 101 Å². The lowest BCUT2D eigenvalue weighted by Crippen LogP contribution is -3.00. The van der Waals surface area contributed by atoms with Crippen LogP contribution in [0.5, 0.6) is 0 Å². The number of nitrogens with zero attached hydrogens (tertiary/aromatic N) is 1. The summed E-state index contributed by atoms with van der Waals surface area (Å²) in [7, 11) is 7.36. The van der Waals surface area contributed by atoms with E-state index in [0.717, 1.165) is 80.2 Å². The molecule has 0 unspecified atom stereocenters. The maximum absolute atomic E-state index is 14.2. The van der Waals surface area contributed by atoms with Gasteiger partial charge in [-0.25, -0.2) is 98.8 Å². The third-order valence-electron chi connectivity index (χ3n) is 21.3. The number of alkyl halides is 15. The molecule has 11 N–H and O–H groups in total. The Hall–Kier alpha value is -11.5. The fourth-order valence-corrected chi connectivity index (χ4v) is 14.3. The number of benzene rings is 6. The smallest absolute Gasteiger partial charge is 0.376 e. The van der Waals surface area contributed by atoms with E-state index in [4.69, 9.17) is 63.4 Å². The number of ether oxygens (including phenoxy) is 5. The van der Waals surface area contributed by atoms with Crippen LogP contribution in [0.1, 0.15) is 121 Å². The number of aryl methyl sites for hydroxylation is 1. The quantitative estimate of drug-likeness (QED) is 0.00504. The molecule has 3 aliphatic rings. The summed E-state index contributed by atoms with van der Waals surface area (Å²) in [5.74, 6) is -13.5. The molecule has 0 saturated carbocycles. The molecule has 6 aromatic carbocycles. The summed E-state index contributed by atoms with van der Waals surface area (Å²) in [4.78, 5) is 137. The fraction of sp³-hybridized carbons (Fsp3) is 0.384. The van der Waals surface area contributed by atoms with Crippen LogP contribution < -0.4 is 28.8 Å². The van der Waals surface area contributed by atoms with Gasteiger partial charge in [0.05, 0.1) is 57.4 Å². The lowest BCUT2D eigenvalue weighted by molar-refractivity contribution is -0.380. The van der Waals surface area contributed by atoms with Gasteiger partial charge in [0.1, 0.15) is 92.0 Å². The maximum Gasteiger partial charge on any atom is 0.376 e. The Morgan fingerprint density at radius 3 is 1.13 bits per heavy atom. The number of aliphatic carboxylic acids is 1. The lowest BCUT2D eigenvalue weighted by atomic mass is 9.81. The van der Waals surface area contributed by atoms with Crippen molar-refractivity contribution in [3.63, 3.8) is 0 Å². The van der Waals surface area contributed by atoms with Gasteiger partial charge in [-0.15, -0.1) is 23.2 Å². The number of ketones is 3. The van der Waals surface area contributed by atoms with E-state index in [1.165, 1.54) is 39.7 Å². The number of amides is 1. The van der Waals surface area contributed by atoms with Crippen molar-refractivity contribution in [1.82, 2.24) is 35.5 Å². The number of carboxylic acid groups (broad SMARTS) is 1. The summed E-state index contributed by atoms with van der Waals surface area (Å²) in [6.45, 7) is 7.40. The Balaban J connectivity index is 0.000000448. The van der Waals surface area contributed by atoms with E-state index >= 15 is 0 Å². The second kappa shape index (κ2) is 64.3. The van der Waals surface area contributed by atoms with E-state index in [1.54, 1.807) is 19.3 Å². The zero-order valence-electron chi connectivity index (χ0n) is 81.1. The number of rotatable bonds is 30. The van der Waals surface area contributed by atoms with Crippen molar-refractivity contribution in [3.8, 4) is 0 Å². The molecule has 50 heteroatoms. The molecular weight excluding hydrogens is 2210 g/mol. The monoisotopic (exact) mass is 2320 g/mol. The van der Waals surface area contributed by atoms with Crippen LogP contribution in [0, 0.1) is 24.4 Å². The zero-order valence-corrected chi connectivity index (χ0v) is 88.1. The number of para-hydroxylation sites is 4. The van der Waals surface area contributed by atoms with Gasteiger partial charge in [0.2, 0.25) is 15.0 Å². The molecule has 4 aromatic heterocycles. The summed E-state index contributed by atoms with van der Waals surface area (Å²) in [5, 5.41) is 25.2. The number of fused-ring (bicyclic) bond motifs is 10. The number of quaternary nitrogens is 1. The minimum absolute atomic E-state index is 0. The first-order valence-corrected chi connectivity index (χ1v) is 49.5. The van der Waals surface area contributed by atoms with Gasteiger partial charge < -0.3 is 87.5 Å². The van der Waals surface area contributed by atoms with Crippen LogP contribution in [0.15, 0.2) is 158 Å². The first-order valence-electron chi connectivity index (χ1n) is 44.1. The summed E-state index contributed by atoms with van der Waals surface area (Å²) < 4.78 is 217. The number of hydrogen-bond acceptors (Lipinski definition) is 20. The number of esters is 5. The number of H-pyrrole nitrogens is 4. The number of halogens is 22. The standard InChI is InChI=1S/C26H25F3N2O3.2C18H20F2N2O2.C12H16N2.C7H3ClF2O.2C6H7ClF2O3.C3H3BrO3.C3H6F2O.Cl2OS.ClH/c1-15-8-9-16(10-20(15)29)24(32)31-13-19(25(33)34-17(11-27)12-28)23-22(26(2,3)14-31)18-6-4-5-7-21(18)30-23;2*1-18(2)10-21-9-13(17(23)24-11(7-19)8-20)16-15(18)12-5-3-4-6-14(12)22-16;1-12(2,8-13)10-7-14-11-6-4-3-5-9(10)11;8-7(11)4-1-2-5(9)6(10)3-4;2*7-1-5(10)6(11)12-4(2-8)3-9;4-1-2(5)3(6)7;4-1-3(6)2-5;1-4(2)3;/h4-10,13,17,30H,11-12,14H2,1-3H3;2*3-6,9,11,21-22H,7-8,10H2,1-2H3;3-7,14H,8,13H2,1-2H3;1-3H;2*4H,1-3H2;1H2,(H,6,7);3,6H,1-2H2;;1H. The second-order valence-corrected chi connectivity index (χ2v) is 38.3. The van der Waals surface area contributed by atoms with Crippen molar-refractivity contribution in [2.24, 2.45) is 0 Å². The fourth-order valence-electron chi connectivity index (χ4n) is 13.7. The molecule has 10 aromatic rings. The molecule has 7 heterocycles. The zero-order chi connectivity index (χ0) is 111. The van der Waals surface area contributed by atoms with Gasteiger partial charge >= 0.3 is 35.8 Å². The molecule has 0 spiro atoms. The van der Waals surface area contributed by atoms with Crippen molar-refractivity contribution >= 4 is 206 Å². The van der Waals surface area contributed by atoms with Crippen LogP contribution in [0.3, 0.4) is 0 Å². The summed E-state index contributed by atoms with van der Waals surface area (Å²) in [5.41, 5.74) is 13.5. The SMILES string of the molecule is CC(C)(C[NH3+])c1c[nH]c2ccccc12.CC1(C)CNC=C(C(=O)OC(CF)CF)c2[nH]c3ccccc3c21.CC1(C)CNC=C(C(=O)OC(CF)CF)c2[nH]c3ccccc3c21.Cc1ccc(C(=O)N2C=C(C(=O)OC(CF)CF)c3[nH]c4ccccc4c3C(C)(C)C2)cc1F.O=C(CCl)C(=O)OC(CF)CF.O=C(CCl)C(=O)OC(CF)CF.O=C(Cl)c1ccc(F)c(F)c1.O=C(O)C(=O)CBr.O=S(Cl)Cl.OC(CF)CF.[Cl-]. The van der Waals surface area contributed by atoms with E-state index in [2.05, 4.69) is 155 Å². The molecule has 3 aliphatic heterocycles. The topological polar surface area (TPSA) is 410 Å². The number of aromatic nitrogens is 4. The Bertz CT molecular complexity index is 6100. The Labute approximate surface area is 886 Å². The molecule has 27 nitrogen and oxygen atoms in total. The van der Waals surface area contributed by atoms with E-state index in [-0.39, 0.29) is 68.4 Å². The molecule has 0 saturated heterocycles. The summed E-state index contributed by atoms with van der Waals surface area (Å²) in [6.07, 6.45) is -2.15. The Morgan fingerprint density at radius 1 is 0.477 bits per heavy atom. The van der Waals surface area contributed by atoms with Crippen molar-refractivity contribution in [1.29, 1.82) is 0 Å². The molecule has 1 amide bonds. The third kappa shape index (κ3) is 39.0. The van der Waals surface area contributed by atoms with Gasteiger partial charge in [0, 0.05) is 142 Å². The van der Waals surface area contributed by atoms with Crippen molar-refractivity contribution < 1.29 is 175 Å². The van der Waals surface area contributed by atoms with Gasteiger partial charge in [0.25, 0.3) is 22.7 Å². The highest BCUT2D eigenvalue weighted by Gasteiger charge is 2.41. The van der Waals surface area contributed by atoms with Gasteiger partial charge in [-0.2, -0.15) is 0 Å². The number of Topliss-reactive ketones (excluding diaryl/α,β-unsaturated/α-hetero) is 3. The van der Waals surface area contributed by atoms with Gasteiger partial charge in [-0.1, -0.05) is 150 Å². The minimum atomic E-state index is -1.67. The molecule has 0 radical (unpaired) electrons. The first kappa shape index (κ1) is 132. The highest BCUT2D eigenvalue weighted by molar-refractivity contribution is 9.09. The largest absolute Gasteiger partial charge is 1.00 e. The van der Waals surface area contributed by atoms with Crippen LogP contribution in [0.2, 0.25) is 0 Å². The molecule has 149 heavy (non-hydrogen) atoms. The second-order valence-electron chi connectivity index (χ2n) is 34.3. The van der Waals surface area contributed by atoms with Crippen molar-refractivity contribution in [2.45, 2.75) is 121 Å². The number of aliphatic hydroxyl groups excluding tert-OH is 1. The number of aromatic amines is 4.